The fourth-order valence-corrected chi connectivity index (χ4v) is 1.97. The first-order valence-corrected chi connectivity index (χ1v) is 5.46. The summed E-state index contributed by atoms with van der Waals surface area (Å²) in [4.78, 5) is 7.90. The van der Waals surface area contributed by atoms with Gasteiger partial charge < -0.3 is 5.73 Å². The third-order valence-electron chi connectivity index (χ3n) is 1.50. The lowest BCUT2D eigenvalue weighted by atomic mass is 10.7. The van der Waals surface area contributed by atoms with Crippen LogP contribution in [0.3, 0.4) is 0 Å². The molecule has 15 heavy (non-hydrogen) atoms. The second-order valence-corrected chi connectivity index (χ2v) is 4.38. The van der Waals surface area contributed by atoms with Crippen molar-refractivity contribution in [3.05, 3.63) is 10.7 Å². The van der Waals surface area contributed by atoms with E-state index in [9.17, 15) is 0 Å². The number of halogens is 1. The van der Waals surface area contributed by atoms with E-state index in [0.29, 0.717) is 10.2 Å². The Hall–Kier alpha value is -1.22. The van der Waals surface area contributed by atoms with Gasteiger partial charge in [0.15, 0.2) is 0 Å². The molecular formula is C6H6BrN7S. The van der Waals surface area contributed by atoms with Crippen LogP contribution in [0.1, 0.15) is 0 Å². The number of nitrogen functional groups attached to an aromatic ring is 1. The van der Waals surface area contributed by atoms with Gasteiger partial charge in [0.05, 0.1) is 4.47 Å². The van der Waals surface area contributed by atoms with Crippen molar-refractivity contribution in [1.29, 1.82) is 0 Å². The molecule has 0 aliphatic rings. The van der Waals surface area contributed by atoms with Gasteiger partial charge in [0.25, 0.3) is 0 Å². The first-order chi connectivity index (χ1) is 7.16. The van der Waals surface area contributed by atoms with Gasteiger partial charge in [-0.05, 0) is 38.1 Å². The monoisotopic (exact) mass is 287 g/mol. The van der Waals surface area contributed by atoms with E-state index >= 15 is 0 Å². The number of hydrogen-bond acceptors (Lipinski definition) is 7. The van der Waals surface area contributed by atoms with E-state index < -0.39 is 0 Å². The molecule has 2 N–H and O–H groups in total. The Kier molecular flexibility index (Phi) is 2.82. The number of rotatable bonds is 2. The number of hydrogen-bond donors (Lipinski definition) is 1. The Labute approximate surface area is 97.6 Å². The number of aryl methyl sites for hydroxylation is 1. The summed E-state index contributed by atoms with van der Waals surface area (Å²) in [7, 11) is 1.75. The molecule has 0 saturated heterocycles. The average molecular weight is 288 g/mol. The summed E-state index contributed by atoms with van der Waals surface area (Å²) in [5, 5.41) is 12.4. The lowest BCUT2D eigenvalue weighted by molar-refractivity contribution is 0.664. The van der Waals surface area contributed by atoms with Crippen LogP contribution < -0.4 is 5.73 Å². The van der Waals surface area contributed by atoms with E-state index in [4.69, 9.17) is 5.73 Å². The molecule has 0 atom stereocenters. The maximum Gasteiger partial charge on any atom is 0.221 e. The van der Waals surface area contributed by atoms with Crippen LogP contribution >= 0.6 is 27.7 Å². The Bertz CT molecular complexity index is 484. The number of nitrogens with zero attached hydrogens (tertiary/aromatic N) is 6. The molecule has 0 bridgehead atoms. The van der Waals surface area contributed by atoms with Crippen molar-refractivity contribution in [3.8, 4) is 0 Å². The van der Waals surface area contributed by atoms with E-state index in [2.05, 4.69) is 41.4 Å². The highest BCUT2D eigenvalue weighted by Crippen LogP contribution is 2.29. The van der Waals surface area contributed by atoms with E-state index in [0.717, 1.165) is 4.47 Å². The smallest absolute Gasteiger partial charge is 0.221 e. The van der Waals surface area contributed by atoms with Crippen LogP contribution in [0.4, 0.5) is 5.95 Å². The molecule has 0 spiro atoms. The van der Waals surface area contributed by atoms with Gasteiger partial charge in [0.1, 0.15) is 5.03 Å². The molecular weight excluding hydrogens is 282 g/mol. The fourth-order valence-electron chi connectivity index (χ4n) is 0.830. The van der Waals surface area contributed by atoms with Gasteiger partial charge in [0, 0.05) is 13.2 Å². The molecule has 2 aromatic rings. The molecule has 0 saturated carbocycles. The summed E-state index contributed by atoms with van der Waals surface area (Å²) >= 11 is 4.63. The molecule has 78 valence electrons. The van der Waals surface area contributed by atoms with Crippen LogP contribution in [0.2, 0.25) is 0 Å². The average Bonchev–Trinajstić information content (AvgIpc) is 2.58. The van der Waals surface area contributed by atoms with E-state index in [-0.39, 0.29) is 5.95 Å². The minimum atomic E-state index is 0.218. The minimum Gasteiger partial charge on any atom is -0.368 e. The molecule has 0 aromatic carbocycles. The van der Waals surface area contributed by atoms with Crippen molar-refractivity contribution in [2.24, 2.45) is 7.05 Å². The van der Waals surface area contributed by atoms with Crippen molar-refractivity contribution in [1.82, 2.24) is 30.2 Å². The van der Waals surface area contributed by atoms with Crippen LogP contribution in [-0.4, -0.2) is 30.2 Å². The van der Waals surface area contributed by atoms with Gasteiger partial charge in [-0.3, -0.25) is 0 Å². The van der Waals surface area contributed by atoms with Gasteiger partial charge in [-0.15, -0.1) is 5.10 Å². The van der Waals surface area contributed by atoms with Crippen LogP contribution in [0.15, 0.2) is 20.9 Å². The second-order valence-electron chi connectivity index (χ2n) is 2.57. The van der Waals surface area contributed by atoms with Gasteiger partial charge in [-0.1, -0.05) is 0 Å². The molecule has 0 fully saturated rings. The van der Waals surface area contributed by atoms with Crippen molar-refractivity contribution >= 4 is 33.6 Å². The SMILES string of the molecule is Cn1nnnc1Sc1nc(N)ncc1Br. The highest BCUT2D eigenvalue weighted by atomic mass is 79.9. The molecule has 0 radical (unpaired) electrons. The highest BCUT2D eigenvalue weighted by molar-refractivity contribution is 9.10. The van der Waals surface area contributed by atoms with Crippen molar-refractivity contribution < 1.29 is 0 Å². The summed E-state index contributed by atoms with van der Waals surface area (Å²) in [6.07, 6.45) is 1.59. The number of tetrazole rings is 1. The summed E-state index contributed by atoms with van der Waals surface area (Å²) in [5.74, 6) is 0.218. The third kappa shape index (κ3) is 2.23. The third-order valence-corrected chi connectivity index (χ3v) is 3.38. The summed E-state index contributed by atoms with van der Waals surface area (Å²) < 4.78 is 2.31. The maximum atomic E-state index is 5.48. The topological polar surface area (TPSA) is 95.4 Å². The molecule has 7 nitrogen and oxygen atoms in total. The zero-order chi connectivity index (χ0) is 10.8. The van der Waals surface area contributed by atoms with E-state index in [1.165, 1.54) is 11.8 Å². The summed E-state index contributed by atoms with van der Waals surface area (Å²) in [6, 6.07) is 0. The normalized spacial score (nSPS) is 10.5. The molecule has 2 heterocycles. The van der Waals surface area contributed by atoms with Crippen molar-refractivity contribution in [2.45, 2.75) is 10.2 Å². The lowest BCUT2D eigenvalue weighted by Crippen LogP contribution is -1.97. The number of nitrogens with two attached hydrogens (primary N) is 1. The van der Waals surface area contributed by atoms with E-state index in [1.54, 1.807) is 17.9 Å². The van der Waals surface area contributed by atoms with Gasteiger partial charge >= 0.3 is 0 Å². The predicted octanol–water partition coefficient (Wildman–Crippen LogP) is 0.496. The Morgan fingerprint density at radius 3 is 3.00 bits per heavy atom. The van der Waals surface area contributed by atoms with Crippen LogP contribution in [0.5, 0.6) is 0 Å². The number of aromatic nitrogens is 6. The van der Waals surface area contributed by atoms with Crippen molar-refractivity contribution in [2.75, 3.05) is 5.73 Å². The molecule has 9 heteroatoms. The predicted molar refractivity (Wildman–Crippen MR) is 57.1 cm³/mol. The fraction of sp³-hybridized carbons (Fsp3) is 0.167. The van der Waals surface area contributed by atoms with Gasteiger partial charge in [-0.25, -0.2) is 14.6 Å². The molecule has 0 aliphatic heterocycles. The summed E-state index contributed by atoms with van der Waals surface area (Å²) in [5.41, 5.74) is 5.48. The summed E-state index contributed by atoms with van der Waals surface area (Å²) in [6.45, 7) is 0. The quantitative estimate of drug-likeness (QED) is 0.804. The molecule has 0 aliphatic carbocycles. The van der Waals surface area contributed by atoms with Crippen molar-refractivity contribution in [3.63, 3.8) is 0 Å². The van der Waals surface area contributed by atoms with E-state index in [1.807, 2.05) is 0 Å². The Balaban J connectivity index is 2.32. The standard InChI is InChI=1S/C6H6BrN7S/c1-14-6(11-12-13-14)15-4-3(7)2-9-5(8)10-4/h2H,1H3,(H2,8,9,10). The molecule has 0 amide bonds. The first kappa shape index (κ1) is 10.3. The zero-order valence-electron chi connectivity index (χ0n) is 7.62. The second kappa shape index (κ2) is 4.11. The Morgan fingerprint density at radius 1 is 1.53 bits per heavy atom. The van der Waals surface area contributed by atoms with Crippen LogP contribution in [0, 0.1) is 0 Å². The molecule has 2 aromatic heterocycles. The highest BCUT2D eigenvalue weighted by Gasteiger charge is 2.10. The zero-order valence-corrected chi connectivity index (χ0v) is 10.0. The van der Waals surface area contributed by atoms with Gasteiger partial charge in [0.2, 0.25) is 11.1 Å². The maximum absolute atomic E-state index is 5.48. The van der Waals surface area contributed by atoms with Crippen LogP contribution in [0.25, 0.3) is 0 Å². The Morgan fingerprint density at radius 2 is 2.33 bits per heavy atom. The minimum absolute atomic E-state index is 0.218. The molecule has 0 unspecified atom stereocenters. The number of anilines is 1. The largest absolute Gasteiger partial charge is 0.368 e. The first-order valence-electron chi connectivity index (χ1n) is 3.85. The molecule has 2 rings (SSSR count). The lowest BCUT2D eigenvalue weighted by Gasteiger charge is -2.01. The van der Waals surface area contributed by atoms with Crippen LogP contribution in [-0.2, 0) is 7.05 Å². The van der Waals surface area contributed by atoms with Gasteiger partial charge in [-0.2, -0.15) is 0 Å².